The molecule has 1 atom stereocenters. The van der Waals surface area contributed by atoms with Crippen molar-refractivity contribution in [2.24, 2.45) is 0 Å². The van der Waals surface area contributed by atoms with Crippen LogP contribution in [0.3, 0.4) is 0 Å². The van der Waals surface area contributed by atoms with Gasteiger partial charge >= 0.3 is 8.16 Å². The summed E-state index contributed by atoms with van der Waals surface area (Å²) in [6.45, 7) is 2.83. The van der Waals surface area contributed by atoms with Crippen LogP contribution in [0.4, 0.5) is 0 Å². The molecule has 12 aromatic rings. The zero-order valence-corrected chi connectivity index (χ0v) is 37.5. The molecule has 0 amide bonds. The van der Waals surface area contributed by atoms with E-state index in [4.69, 9.17) is 27.3 Å². The molecule has 0 unspecified atom stereocenters. The highest BCUT2D eigenvalue weighted by Gasteiger charge is 2.25. The van der Waals surface area contributed by atoms with Crippen LogP contribution in [0, 0.1) is 0 Å². The Kier molecular flexibility index (Phi) is 9.27. The lowest BCUT2D eigenvalue weighted by atomic mass is 9.90. The van der Waals surface area contributed by atoms with Crippen molar-refractivity contribution in [3.8, 4) is 23.0 Å². The molecule has 0 saturated heterocycles. The average molecular weight is 870 g/mol. The van der Waals surface area contributed by atoms with Gasteiger partial charge in [0.15, 0.2) is 11.2 Å². The molecule has 11 aromatic carbocycles. The van der Waals surface area contributed by atoms with Gasteiger partial charge in [-0.1, -0.05) is 122 Å². The smallest absolute Gasteiger partial charge is 0.306 e. The Morgan fingerprint density at radius 1 is 0.400 bits per heavy atom. The predicted octanol–water partition coefficient (Wildman–Crippen LogP) is 15.9. The van der Waals surface area contributed by atoms with Gasteiger partial charge in [0.05, 0.1) is 28.4 Å². The molecule has 0 spiro atoms. The van der Waals surface area contributed by atoms with Crippen molar-refractivity contribution in [3.63, 3.8) is 0 Å². The van der Waals surface area contributed by atoms with Gasteiger partial charge < -0.3 is 27.3 Å². The lowest BCUT2D eigenvalue weighted by Crippen LogP contribution is -2.07. The summed E-state index contributed by atoms with van der Waals surface area (Å²) in [6, 6.07) is 53.5. The van der Waals surface area contributed by atoms with E-state index in [9.17, 15) is 0 Å². The Balaban J connectivity index is 1.35. The first kappa shape index (κ1) is 39.2. The fraction of sp³-hybridized carbons (Fsp3) is 0.123. The highest BCUT2D eigenvalue weighted by Crippen LogP contribution is 2.52. The van der Waals surface area contributed by atoms with Gasteiger partial charge in [-0.25, -0.2) is 5.09 Å². The summed E-state index contributed by atoms with van der Waals surface area (Å²) in [7, 11) is 5.05. The maximum atomic E-state index is 7.49. The number of rotatable bonds is 8. The second kappa shape index (κ2) is 15.4. The van der Waals surface area contributed by atoms with Crippen molar-refractivity contribution in [2.75, 3.05) is 40.1 Å². The molecule has 8 heteroatoms. The molecule has 0 aliphatic rings. The molecule has 1 heterocycles. The molecule has 318 valence electrons. The highest BCUT2D eigenvalue weighted by molar-refractivity contribution is 7.38. The first-order chi connectivity index (χ1) is 32.0. The van der Waals surface area contributed by atoms with Crippen LogP contribution in [0.1, 0.15) is 18.4 Å². The minimum absolute atomic E-state index is 0.161. The first-order valence-electron chi connectivity index (χ1n) is 21.8. The van der Waals surface area contributed by atoms with Crippen molar-refractivity contribution in [1.29, 1.82) is 0 Å². The normalized spacial score (nSPS) is 12.4. The van der Waals surface area contributed by atoms with E-state index >= 15 is 0 Å². The van der Waals surface area contributed by atoms with Crippen LogP contribution in [-0.2, 0) is 0 Å². The summed E-state index contributed by atoms with van der Waals surface area (Å²) >= 11 is 0. The topological polar surface area (TPSA) is 75.2 Å². The van der Waals surface area contributed by atoms with Crippen molar-refractivity contribution in [3.05, 3.63) is 157 Å². The van der Waals surface area contributed by atoms with Gasteiger partial charge in [-0.2, -0.15) is 0 Å². The third kappa shape index (κ3) is 6.00. The van der Waals surface area contributed by atoms with E-state index in [1.54, 1.807) is 28.4 Å². The van der Waals surface area contributed by atoms with Crippen LogP contribution in [0.2, 0.25) is 0 Å². The van der Waals surface area contributed by atoms with Crippen LogP contribution in [0.5, 0.6) is 23.0 Å². The number of fused-ring (bicyclic) bond motifs is 19. The molecular weight excluding hydrogens is 826 g/mol. The fourth-order valence-corrected chi connectivity index (χ4v) is 11.6. The van der Waals surface area contributed by atoms with Crippen molar-refractivity contribution in [2.45, 2.75) is 12.8 Å². The third-order valence-electron chi connectivity index (χ3n) is 13.4. The Morgan fingerprint density at radius 3 is 1.28 bits per heavy atom. The van der Waals surface area contributed by atoms with Crippen molar-refractivity contribution >= 4 is 116 Å². The number of nitrogens with one attached hydrogen (secondary N) is 1. The molecule has 12 rings (SSSR count). The van der Waals surface area contributed by atoms with Crippen molar-refractivity contribution in [1.82, 2.24) is 0 Å². The minimum atomic E-state index is -1.85. The van der Waals surface area contributed by atoms with Crippen LogP contribution < -0.4 is 24.0 Å². The molecule has 65 heavy (non-hydrogen) atoms. The molecule has 0 aliphatic carbocycles. The molecular formula is C57H44NO6P. The van der Waals surface area contributed by atoms with Crippen LogP contribution in [0.25, 0.3) is 108 Å². The van der Waals surface area contributed by atoms with E-state index in [0.29, 0.717) is 29.2 Å². The first-order valence-corrected chi connectivity index (χ1v) is 23.0. The van der Waals surface area contributed by atoms with Gasteiger partial charge in [0.25, 0.3) is 0 Å². The molecule has 1 aromatic heterocycles. The zero-order valence-electron chi connectivity index (χ0n) is 36.6. The Labute approximate surface area is 375 Å². The Bertz CT molecular complexity index is 3740. The summed E-state index contributed by atoms with van der Waals surface area (Å²) in [5.74, 6) is 3.01. The predicted molar refractivity (Wildman–Crippen MR) is 272 cm³/mol. The summed E-state index contributed by atoms with van der Waals surface area (Å²) in [5.41, 5.74) is 2.60. The number of benzene rings is 11. The lowest BCUT2D eigenvalue weighted by molar-refractivity contribution is 0.415. The lowest BCUT2D eigenvalue weighted by Gasteiger charge is -2.17. The molecule has 0 bridgehead atoms. The summed E-state index contributed by atoms with van der Waals surface area (Å²) in [4.78, 5) is 0. The van der Waals surface area contributed by atoms with Gasteiger partial charge in [-0.05, 0) is 91.0 Å². The molecule has 0 fully saturated rings. The van der Waals surface area contributed by atoms with E-state index in [1.165, 1.54) is 5.56 Å². The van der Waals surface area contributed by atoms with Crippen LogP contribution in [-0.4, -0.2) is 35.0 Å². The number of methoxy groups -OCH3 is 4. The Morgan fingerprint density at radius 2 is 0.800 bits per heavy atom. The fourth-order valence-electron chi connectivity index (χ4n) is 10.3. The molecule has 0 radical (unpaired) electrons. The standard InChI is InChI=1S/C57H44NO6P/c1-32(33-13-7-6-8-14-33)31-58-65-63-56-42(27-48(61-4)44-29-46(59-2)40-25-23-36-21-19-34-15-9-11-17-38(34)50(36)52(40)54(44)56)43-28-49(62-5)45-30-47(60-3)41-26-24-37-22-20-35-16-10-12-18-39(35)51(37)53(41)55(45)57(43)64-65/h6-30,32,58H,31H2,1-5H3/t32-/m0/s1. The quantitative estimate of drug-likeness (QED) is 0.152. The van der Waals surface area contributed by atoms with E-state index in [2.05, 4.69) is 164 Å². The van der Waals surface area contributed by atoms with Gasteiger partial charge in [0, 0.05) is 60.4 Å². The van der Waals surface area contributed by atoms with E-state index in [1.807, 2.05) is 0 Å². The van der Waals surface area contributed by atoms with E-state index < -0.39 is 8.16 Å². The minimum Gasteiger partial charge on any atom is -0.496 e. The van der Waals surface area contributed by atoms with E-state index in [-0.39, 0.29) is 5.92 Å². The summed E-state index contributed by atoms with van der Waals surface area (Å²) in [5, 5.41) is 22.0. The largest absolute Gasteiger partial charge is 0.496 e. The summed E-state index contributed by atoms with van der Waals surface area (Å²) < 4.78 is 40.2. The van der Waals surface area contributed by atoms with Gasteiger partial charge in [-0.15, -0.1) is 0 Å². The van der Waals surface area contributed by atoms with Gasteiger partial charge in [0.2, 0.25) is 0 Å². The number of hydrogen-bond donors (Lipinski definition) is 1. The number of hydrogen-bond acceptors (Lipinski definition) is 7. The van der Waals surface area contributed by atoms with Crippen LogP contribution >= 0.6 is 8.16 Å². The maximum absolute atomic E-state index is 7.49. The second-order valence-electron chi connectivity index (χ2n) is 16.8. The van der Waals surface area contributed by atoms with Crippen LogP contribution in [0.15, 0.2) is 160 Å². The van der Waals surface area contributed by atoms with Gasteiger partial charge in [-0.3, -0.25) is 0 Å². The van der Waals surface area contributed by atoms with Gasteiger partial charge in [0.1, 0.15) is 23.0 Å². The molecule has 0 saturated carbocycles. The summed E-state index contributed by atoms with van der Waals surface area (Å²) in [6.07, 6.45) is 0. The molecule has 7 nitrogen and oxygen atoms in total. The third-order valence-corrected chi connectivity index (χ3v) is 14.5. The highest BCUT2D eigenvalue weighted by atomic mass is 31.1. The SMILES string of the molecule is COc1cc2c3cc(OC)c4cc(OC)c5ccc6ccc7ccccc7c6c5c4c3op(NC[C@H](C)c3ccccc3)oc2c2c1cc(OC)c1ccc3ccc4ccccc4c3c12. The maximum Gasteiger partial charge on any atom is 0.306 e. The second-order valence-corrected chi connectivity index (χ2v) is 18.0. The van der Waals surface area contributed by atoms with E-state index in [0.717, 1.165) is 108 Å². The zero-order chi connectivity index (χ0) is 43.9. The number of ether oxygens (including phenoxy) is 4. The monoisotopic (exact) mass is 869 g/mol. The molecule has 0 aliphatic heterocycles. The molecule has 1 N–H and O–H groups in total. The average Bonchev–Trinajstić information content (AvgIpc) is 3.52. The Hall–Kier alpha value is -7.44. The van der Waals surface area contributed by atoms with Crippen molar-refractivity contribution < 1.29 is 27.3 Å².